The van der Waals surface area contributed by atoms with Gasteiger partial charge in [-0.15, -0.1) is 0 Å². The van der Waals surface area contributed by atoms with Crippen molar-refractivity contribution in [3.05, 3.63) is 34.6 Å². The lowest BCUT2D eigenvalue weighted by Gasteiger charge is -2.19. The molecule has 0 radical (unpaired) electrons. The number of esters is 1. The predicted octanol–water partition coefficient (Wildman–Crippen LogP) is 3.71. The molecule has 0 atom stereocenters. The van der Waals surface area contributed by atoms with Crippen molar-refractivity contribution in [1.82, 2.24) is 0 Å². The number of carbonyl (C=O) groups excluding carboxylic acids is 2. The van der Waals surface area contributed by atoms with E-state index in [-0.39, 0.29) is 30.1 Å². The molecule has 5 heteroatoms. The van der Waals surface area contributed by atoms with E-state index in [2.05, 4.69) is 0 Å². The lowest BCUT2D eigenvalue weighted by Crippen LogP contribution is -2.24. The molecule has 20 heavy (non-hydrogen) atoms. The molecule has 0 bridgehead atoms. The first-order valence-corrected chi connectivity index (χ1v) is 6.72. The molecule has 0 spiro atoms. The maximum atomic E-state index is 13.0. The van der Waals surface area contributed by atoms with Crippen LogP contribution in [-0.2, 0) is 20.7 Å². The number of ether oxygens (including phenoxy) is 1. The Balaban J connectivity index is 2.44. The third-order valence-corrected chi connectivity index (χ3v) is 2.70. The van der Waals surface area contributed by atoms with Crippen LogP contribution in [0.1, 0.15) is 39.2 Å². The highest BCUT2D eigenvalue weighted by atomic mass is 35.5. The first kappa shape index (κ1) is 16.6. The fourth-order valence-electron chi connectivity index (χ4n) is 1.60. The fraction of sp³-hybridized carbons (Fsp3) is 0.467. The molecule has 1 aromatic rings. The van der Waals surface area contributed by atoms with Gasteiger partial charge in [0.05, 0.1) is 11.4 Å². The summed E-state index contributed by atoms with van der Waals surface area (Å²) in [6.45, 7) is 5.31. The maximum absolute atomic E-state index is 13.0. The Morgan fingerprint density at radius 2 is 1.90 bits per heavy atom. The van der Waals surface area contributed by atoms with E-state index in [1.54, 1.807) is 20.8 Å². The van der Waals surface area contributed by atoms with E-state index in [1.807, 2.05) is 0 Å². The highest BCUT2D eigenvalue weighted by Crippen LogP contribution is 2.17. The number of halogens is 2. The summed E-state index contributed by atoms with van der Waals surface area (Å²) in [5.74, 6) is -1.03. The van der Waals surface area contributed by atoms with Gasteiger partial charge in [-0.25, -0.2) is 4.39 Å². The fourth-order valence-corrected chi connectivity index (χ4v) is 1.80. The quantitative estimate of drug-likeness (QED) is 0.779. The summed E-state index contributed by atoms with van der Waals surface area (Å²) in [4.78, 5) is 23.2. The van der Waals surface area contributed by atoms with E-state index in [9.17, 15) is 14.0 Å². The average Bonchev–Trinajstić information content (AvgIpc) is 2.29. The summed E-state index contributed by atoms with van der Waals surface area (Å²) in [5, 5.41) is -0.0116. The van der Waals surface area contributed by atoms with Crippen molar-refractivity contribution in [2.45, 2.75) is 45.6 Å². The molecule has 0 N–H and O–H groups in total. The number of rotatable bonds is 5. The Hall–Kier alpha value is -1.42. The Labute approximate surface area is 123 Å². The highest BCUT2D eigenvalue weighted by Gasteiger charge is 2.17. The molecule has 0 aliphatic heterocycles. The van der Waals surface area contributed by atoms with Gasteiger partial charge in [0.15, 0.2) is 0 Å². The number of benzene rings is 1. The van der Waals surface area contributed by atoms with Gasteiger partial charge in [0.1, 0.15) is 17.2 Å². The minimum Gasteiger partial charge on any atom is -0.460 e. The molecular formula is C15H18ClFO3. The van der Waals surface area contributed by atoms with E-state index in [0.29, 0.717) is 5.56 Å². The zero-order valence-electron chi connectivity index (χ0n) is 11.8. The lowest BCUT2D eigenvalue weighted by molar-refractivity contribution is -0.155. The third-order valence-electron chi connectivity index (χ3n) is 2.41. The molecule has 0 saturated carbocycles. The molecule has 0 aliphatic rings. The third kappa shape index (κ3) is 6.15. The van der Waals surface area contributed by atoms with Crippen molar-refractivity contribution in [3.63, 3.8) is 0 Å². The van der Waals surface area contributed by atoms with Crippen molar-refractivity contribution >= 4 is 23.4 Å². The molecule has 0 aromatic heterocycles. The minimum atomic E-state index is -0.551. The van der Waals surface area contributed by atoms with E-state index < -0.39 is 17.4 Å². The van der Waals surface area contributed by atoms with Crippen LogP contribution in [0.5, 0.6) is 0 Å². The van der Waals surface area contributed by atoms with Crippen LogP contribution in [0.25, 0.3) is 0 Å². The predicted molar refractivity (Wildman–Crippen MR) is 75.2 cm³/mol. The molecule has 0 saturated heterocycles. The molecule has 110 valence electrons. The molecule has 0 fully saturated rings. The molecule has 0 aliphatic carbocycles. The van der Waals surface area contributed by atoms with Gasteiger partial charge in [-0.05, 0) is 38.5 Å². The molecule has 1 rings (SSSR count). The highest BCUT2D eigenvalue weighted by molar-refractivity contribution is 6.30. The molecular weight excluding hydrogens is 283 g/mol. The van der Waals surface area contributed by atoms with Crippen molar-refractivity contribution in [3.8, 4) is 0 Å². The van der Waals surface area contributed by atoms with Gasteiger partial charge in [-0.2, -0.15) is 0 Å². The summed E-state index contributed by atoms with van der Waals surface area (Å²) in [6.07, 6.45) is 0.276. The molecule has 0 amide bonds. The molecule has 0 heterocycles. The molecule has 3 nitrogen and oxygen atoms in total. The summed E-state index contributed by atoms with van der Waals surface area (Å²) < 4.78 is 18.1. The Morgan fingerprint density at radius 1 is 1.25 bits per heavy atom. The largest absolute Gasteiger partial charge is 0.460 e. The Kier molecular flexibility index (Phi) is 5.69. The zero-order chi connectivity index (χ0) is 15.3. The number of hydrogen-bond acceptors (Lipinski definition) is 3. The Bertz CT molecular complexity index is 506. The van der Waals surface area contributed by atoms with Crippen molar-refractivity contribution in [2.24, 2.45) is 0 Å². The van der Waals surface area contributed by atoms with Crippen LogP contribution in [0.3, 0.4) is 0 Å². The van der Waals surface area contributed by atoms with Crippen LogP contribution in [-0.4, -0.2) is 17.4 Å². The molecule has 1 aromatic carbocycles. The number of hydrogen-bond donors (Lipinski definition) is 0. The average molecular weight is 301 g/mol. The smallest absolute Gasteiger partial charge is 0.306 e. The Morgan fingerprint density at radius 3 is 2.45 bits per heavy atom. The number of carbonyl (C=O) groups is 2. The van der Waals surface area contributed by atoms with Gasteiger partial charge in [0.25, 0.3) is 0 Å². The van der Waals surface area contributed by atoms with Gasteiger partial charge in [0.2, 0.25) is 0 Å². The van der Waals surface area contributed by atoms with Crippen molar-refractivity contribution < 1.29 is 18.7 Å². The normalized spacial score (nSPS) is 11.2. The zero-order valence-corrected chi connectivity index (χ0v) is 12.6. The minimum absolute atomic E-state index is 0.0116. The van der Waals surface area contributed by atoms with Crippen molar-refractivity contribution in [1.29, 1.82) is 0 Å². The van der Waals surface area contributed by atoms with Gasteiger partial charge >= 0.3 is 5.97 Å². The summed E-state index contributed by atoms with van der Waals surface area (Å²) >= 11 is 5.64. The van der Waals surface area contributed by atoms with Gasteiger partial charge in [0, 0.05) is 12.8 Å². The van der Waals surface area contributed by atoms with Crippen LogP contribution in [0, 0.1) is 5.82 Å². The topological polar surface area (TPSA) is 43.4 Å². The number of ketones is 1. The van der Waals surface area contributed by atoms with Gasteiger partial charge < -0.3 is 4.74 Å². The van der Waals surface area contributed by atoms with Gasteiger partial charge in [-0.3, -0.25) is 9.59 Å². The second-order valence-electron chi connectivity index (χ2n) is 5.55. The summed E-state index contributed by atoms with van der Waals surface area (Å²) in [6, 6.07) is 4.15. The second-order valence-corrected chi connectivity index (χ2v) is 5.96. The van der Waals surface area contributed by atoms with E-state index in [4.69, 9.17) is 16.3 Å². The van der Waals surface area contributed by atoms with E-state index in [1.165, 1.54) is 18.2 Å². The summed E-state index contributed by atoms with van der Waals surface area (Å²) in [5.41, 5.74) is 0.0792. The van der Waals surface area contributed by atoms with Crippen molar-refractivity contribution in [2.75, 3.05) is 0 Å². The maximum Gasteiger partial charge on any atom is 0.306 e. The second kappa shape index (κ2) is 6.84. The van der Waals surface area contributed by atoms with Crippen LogP contribution in [0.2, 0.25) is 5.02 Å². The van der Waals surface area contributed by atoms with E-state index >= 15 is 0 Å². The van der Waals surface area contributed by atoms with Crippen LogP contribution >= 0.6 is 11.6 Å². The van der Waals surface area contributed by atoms with Gasteiger partial charge in [-0.1, -0.05) is 17.7 Å². The van der Waals surface area contributed by atoms with Crippen LogP contribution in [0.4, 0.5) is 4.39 Å². The first-order chi connectivity index (χ1) is 9.17. The van der Waals surface area contributed by atoms with Crippen LogP contribution < -0.4 is 0 Å². The lowest BCUT2D eigenvalue weighted by atomic mass is 10.1. The summed E-state index contributed by atoms with van der Waals surface area (Å²) in [7, 11) is 0. The number of Topliss-reactive ketones (excluding diaryl/α,β-unsaturated/α-hetero) is 1. The molecule has 0 unspecified atom stereocenters. The first-order valence-electron chi connectivity index (χ1n) is 6.35. The monoisotopic (exact) mass is 300 g/mol. The standard InChI is InChI=1S/C15H18ClFO3/c1-15(2,3)20-14(19)7-5-11(18)8-10-4-6-13(17)12(16)9-10/h4,6,9H,5,7-8H2,1-3H3. The SMILES string of the molecule is CC(C)(C)OC(=O)CCC(=O)Cc1ccc(F)c(Cl)c1. The van der Waals surface area contributed by atoms with E-state index in [0.717, 1.165) is 0 Å². The van der Waals surface area contributed by atoms with Crippen LogP contribution in [0.15, 0.2) is 18.2 Å².